The molecule has 1 heterocycles. The number of rotatable bonds is 3. The van der Waals surface area contributed by atoms with Crippen LogP contribution in [0.1, 0.15) is 19.3 Å². The Morgan fingerprint density at radius 3 is 2.75 bits per heavy atom. The Hall–Kier alpha value is -0.660. The minimum absolute atomic E-state index is 0.0341. The van der Waals surface area contributed by atoms with E-state index < -0.39 is 21.6 Å². The molecule has 0 spiro atoms. The Bertz CT molecular complexity index is 408. The Labute approximate surface area is 94.8 Å². The molecule has 2 N–H and O–H groups in total. The van der Waals surface area contributed by atoms with E-state index in [1.807, 2.05) is 0 Å². The Balaban J connectivity index is 2.27. The van der Waals surface area contributed by atoms with Gasteiger partial charge in [0.1, 0.15) is 0 Å². The SMILES string of the molecule is CNS(=O)(=O)N1C[C@@H]2CCC[C@@]2(C(=O)O)C1. The third-order valence-corrected chi connectivity index (χ3v) is 5.34. The minimum atomic E-state index is -3.49. The Morgan fingerprint density at radius 1 is 1.56 bits per heavy atom. The molecule has 1 saturated heterocycles. The van der Waals surface area contributed by atoms with E-state index in [9.17, 15) is 18.3 Å². The molecule has 2 rings (SSSR count). The van der Waals surface area contributed by atoms with Gasteiger partial charge in [-0.25, -0.2) is 4.72 Å². The van der Waals surface area contributed by atoms with E-state index in [0.717, 1.165) is 12.8 Å². The number of hydrogen-bond donors (Lipinski definition) is 2. The van der Waals surface area contributed by atoms with Crippen LogP contribution in [-0.4, -0.2) is 43.9 Å². The standard InChI is InChI=1S/C9H16N2O4S/c1-10-16(14,15)11-5-7-3-2-4-9(7,6-11)8(12)13/h7,10H,2-6H2,1H3,(H,12,13)/t7-,9+/m0/s1. The van der Waals surface area contributed by atoms with Crippen molar-refractivity contribution >= 4 is 16.2 Å². The van der Waals surface area contributed by atoms with Crippen LogP contribution in [0.4, 0.5) is 0 Å². The van der Waals surface area contributed by atoms with Gasteiger partial charge >= 0.3 is 5.97 Å². The molecule has 0 radical (unpaired) electrons. The molecule has 7 heteroatoms. The average Bonchev–Trinajstić information content (AvgIpc) is 2.73. The number of fused-ring (bicyclic) bond motifs is 1. The molecule has 0 amide bonds. The zero-order valence-electron chi connectivity index (χ0n) is 9.14. The maximum Gasteiger partial charge on any atom is 0.311 e. The minimum Gasteiger partial charge on any atom is -0.481 e. The number of hydrogen-bond acceptors (Lipinski definition) is 3. The van der Waals surface area contributed by atoms with Crippen molar-refractivity contribution in [1.29, 1.82) is 0 Å². The van der Waals surface area contributed by atoms with E-state index >= 15 is 0 Å². The van der Waals surface area contributed by atoms with E-state index in [4.69, 9.17) is 0 Å². The third kappa shape index (κ3) is 1.54. The first-order valence-electron chi connectivity index (χ1n) is 5.34. The molecule has 1 aliphatic carbocycles. The van der Waals surface area contributed by atoms with Crippen LogP contribution in [0.2, 0.25) is 0 Å². The number of carbonyl (C=O) groups is 1. The van der Waals surface area contributed by atoms with Gasteiger partial charge in [-0.3, -0.25) is 4.79 Å². The first-order chi connectivity index (χ1) is 7.42. The second-order valence-corrected chi connectivity index (χ2v) is 6.43. The molecule has 2 atom stereocenters. The summed E-state index contributed by atoms with van der Waals surface area (Å²) >= 11 is 0. The first-order valence-corrected chi connectivity index (χ1v) is 6.78. The van der Waals surface area contributed by atoms with E-state index in [-0.39, 0.29) is 12.5 Å². The molecule has 0 unspecified atom stereocenters. The number of nitrogens with one attached hydrogen (secondary N) is 1. The molecule has 0 bridgehead atoms. The highest BCUT2D eigenvalue weighted by molar-refractivity contribution is 7.87. The zero-order valence-corrected chi connectivity index (χ0v) is 9.96. The van der Waals surface area contributed by atoms with Crippen molar-refractivity contribution in [1.82, 2.24) is 9.03 Å². The molecule has 0 aromatic rings. The van der Waals surface area contributed by atoms with Crippen molar-refractivity contribution in [3.8, 4) is 0 Å². The second kappa shape index (κ2) is 3.68. The van der Waals surface area contributed by atoms with Crippen molar-refractivity contribution in [3.63, 3.8) is 0 Å². The first kappa shape index (κ1) is 11.8. The Kier molecular flexibility index (Phi) is 2.72. The van der Waals surface area contributed by atoms with E-state index in [1.54, 1.807) is 0 Å². The summed E-state index contributed by atoms with van der Waals surface area (Å²) in [7, 11) is -2.15. The van der Waals surface area contributed by atoms with Gasteiger partial charge in [-0.05, 0) is 18.8 Å². The van der Waals surface area contributed by atoms with Crippen molar-refractivity contribution in [2.75, 3.05) is 20.1 Å². The monoisotopic (exact) mass is 248 g/mol. The van der Waals surface area contributed by atoms with Crippen molar-refractivity contribution in [2.24, 2.45) is 11.3 Å². The second-order valence-electron chi connectivity index (χ2n) is 4.55. The molecular weight excluding hydrogens is 232 g/mol. The quantitative estimate of drug-likeness (QED) is 0.714. The highest BCUT2D eigenvalue weighted by Gasteiger charge is 2.56. The molecule has 2 aliphatic rings. The van der Waals surface area contributed by atoms with Gasteiger partial charge in [0.05, 0.1) is 5.41 Å². The fourth-order valence-electron chi connectivity index (χ4n) is 2.90. The van der Waals surface area contributed by atoms with Gasteiger partial charge in [0.25, 0.3) is 10.2 Å². The fraction of sp³-hybridized carbons (Fsp3) is 0.889. The summed E-state index contributed by atoms with van der Waals surface area (Å²) in [4.78, 5) is 11.3. The van der Waals surface area contributed by atoms with Crippen LogP contribution >= 0.6 is 0 Å². The summed E-state index contributed by atoms with van der Waals surface area (Å²) < 4.78 is 26.7. The number of carboxylic acids is 1. The topological polar surface area (TPSA) is 86.7 Å². The van der Waals surface area contributed by atoms with Crippen LogP contribution in [0.3, 0.4) is 0 Å². The van der Waals surface area contributed by atoms with E-state index in [1.165, 1.54) is 11.4 Å². The van der Waals surface area contributed by atoms with Crippen LogP contribution in [0.5, 0.6) is 0 Å². The lowest BCUT2D eigenvalue weighted by Crippen LogP contribution is -2.40. The zero-order chi connectivity index (χ0) is 12.0. The summed E-state index contributed by atoms with van der Waals surface area (Å²) in [6, 6.07) is 0. The summed E-state index contributed by atoms with van der Waals surface area (Å²) in [5, 5.41) is 9.29. The largest absolute Gasteiger partial charge is 0.481 e. The van der Waals surface area contributed by atoms with Crippen molar-refractivity contribution < 1.29 is 18.3 Å². The van der Waals surface area contributed by atoms with Crippen LogP contribution in [0, 0.1) is 11.3 Å². The molecule has 1 saturated carbocycles. The van der Waals surface area contributed by atoms with Crippen molar-refractivity contribution in [3.05, 3.63) is 0 Å². The summed E-state index contributed by atoms with van der Waals surface area (Å²) in [5.41, 5.74) is -0.843. The van der Waals surface area contributed by atoms with Crippen LogP contribution < -0.4 is 4.72 Å². The van der Waals surface area contributed by atoms with E-state index in [0.29, 0.717) is 13.0 Å². The third-order valence-electron chi connectivity index (χ3n) is 3.86. The van der Waals surface area contributed by atoms with Crippen LogP contribution in [0.25, 0.3) is 0 Å². The number of nitrogens with zero attached hydrogens (tertiary/aromatic N) is 1. The molecule has 0 aromatic heterocycles. The smallest absolute Gasteiger partial charge is 0.311 e. The van der Waals surface area contributed by atoms with Crippen LogP contribution in [0.15, 0.2) is 0 Å². The predicted octanol–water partition coefficient (Wildman–Crippen LogP) is -0.363. The molecule has 1 aliphatic heterocycles. The highest BCUT2D eigenvalue weighted by atomic mass is 32.2. The predicted molar refractivity (Wildman–Crippen MR) is 57.0 cm³/mol. The maximum absolute atomic E-state index is 11.6. The van der Waals surface area contributed by atoms with Gasteiger partial charge in [-0.2, -0.15) is 12.7 Å². The molecule has 2 fully saturated rings. The Morgan fingerprint density at radius 2 is 2.25 bits per heavy atom. The van der Waals surface area contributed by atoms with Crippen molar-refractivity contribution in [2.45, 2.75) is 19.3 Å². The molecule has 92 valence electrons. The van der Waals surface area contributed by atoms with Gasteiger partial charge < -0.3 is 5.11 Å². The van der Waals surface area contributed by atoms with Gasteiger partial charge in [0, 0.05) is 20.1 Å². The number of carboxylic acid groups (broad SMARTS) is 1. The highest BCUT2D eigenvalue weighted by Crippen LogP contribution is 2.49. The van der Waals surface area contributed by atoms with Gasteiger partial charge in [0.15, 0.2) is 0 Å². The summed E-state index contributed by atoms with van der Waals surface area (Å²) in [5.74, 6) is -0.892. The lowest BCUT2D eigenvalue weighted by Gasteiger charge is -2.23. The average molecular weight is 248 g/mol. The lowest BCUT2D eigenvalue weighted by molar-refractivity contribution is -0.149. The fourth-order valence-corrected chi connectivity index (χ4v) is 3.94. The normalized spacial score (nSPS) is 35.2. The molecule has 0 aromatic carbocycles. The van der Waals surface area contributed by atoms with Gasteiger partial charge in [0.2, 0.25) is 0 Å². The summed E-state index contributed by atoms with van der Waals surface area (Å²) in [6.07, 6.45) is 2.27. The molecule has 16 heavy (non-hydrogen) atoms. The van der Waals surface area contributed by atoms with Gasteiger partial charge in [-0.15, -0.1) is 0 Å². The lowest BCUT2D eigenvalue weighted by atomic mass is 9.81. The molecular formula is C9H16N2O4S. The molecule has 6 nitrogen and oxygen atoms in total. The van der Waals surface area contributed by atoms with Crippen LogP contribution in [-0.2, 0) is 15.0 Å². The number of aliphatic carboxylic acids is 1. The maximum atomic E-state index is 11.6. The summed E-state index contributed by atoms with van der Waals surface area (Å²) in [6.45, 7) is 0.436. The van der Waals surface area contributed by atoms with E-state index in [2.05, 4.69) is 4.72 Å². The van der Waals surface area contributed by atoms with Gasteiger partial charge in [-0.1, -0.05) is 6.42 Å².